The number of carbonyl (C=O) groups excluding carboxylic acids is 1. The Kier molecular flexibility index (Phi) is 6.26. The number of primary amides is 1. The van der Waals surface area contributed by atoms with Gasteiger partial charge in [0.05, 0.1) is 35.0 Å². The van der Waals surface area contributed by atoms with Gasteiger partial charge in [-0.15, -0.1) is 0 Å². The van der Waals surface area contributed by atoms with Gasteiger partial charge in [-0.2, -0.15) is 10.5 Å². The van der Waals surface area contributed by atoms with E-state index in [9.17, 15) is 4.79 Å². The highest BCUT2D eigenvalue weighted by Crippen LogP contribution is 2.34. The van der Waals surface area contributed by atoms with E-state index in [2.05, 4.69) is 27.4 Å². The fourth-order valence-corrected chi connectivity index (χ4v) is 3.59. The van der Waals surface area contributed by atoms with Gasteiger partial charge in [-0.3, -0.25) is 0 Å². The minimum absolute atomic E-state index is 0.180. The molecule has 0 aliphatic rings. The minimum atomic E-state index is -0.603. The van der Waals surface area contributed by atoms with Gasteiger partial charge in [0.25, 0.3) is 0 Å². The van der Waals surface area contributed by atoms with Crippen LogP contribution in [0.4, 0.5) is 4.79 Å². The van der Waals surface area contributed by atoms with Crippen molar-refractivity contribution in [2.45, 2.75) is 49.1 Å². The molecule has 1 unspecified atom stereocenters. The predicted octanol–water partition coefficient (Wildman–Crippen LogP) is 3.55. The van der Waals surface area contributed by atoms with Gasteiger partial charge in [0.1, 0.15) is 10.9 Å². The molecular weight excluding hydrogens is 348 g/mol. The number of aromatic nitrogens is 2. The summed E-state index contributed by atoms with van der Waals surface area (Å²) in [6.07, 6.45) is 0.639. The molecule has 2 amide bonds. The summed E-state index contributed by atoms with van der Waals surface area (Å²) in [6, 6.07) is 8.22. The third-order valence-corrected chi connectivity index (χ3v) is 4.70. The lowest BCUT2D eigenvalue weighted by molar-refractivity contribution is 0.244. The Labute approximate surface area is 156 Å². The van der Waals surface area contributed by atoms with E-state index in [1.807, 2.05) is 20.8 Å². The molecule has 1 aromatic carbocycles. The molecule has 0 aliphatic carbocycles. The summed E-state index contributed by atoms with van der Waals surface area (Å²) in [6.45, 7) is 6.01. The van der Waals surface area contributed by atoms with Crippen LogP contribution in [-0.2, 0) is 0 Å². The maximum Gasteiger partial charge on any atom is 0.312 e. The van der Waals surface area contributed by atoms with E-state index in [1.54, 1.807) is 18.2 Å². The summed E-state index contributed by atoms with van der Waals surface area (Å²) in [5.41, 5.74) is 7.02. The summed E-state index contributed by atoms with van der Waals surface area (Å²) < 4.78 is 0. The number of hydrogen-bond donors (Lipinski definition) is 3. The number of urea groups is 1. The first-order valence-electron chi connectivity index (χ1n) is 8.16. The summed E-state index contributed by atoms with van der Waals surface area (Å²) >= 11 is 1.38. The molecule has 134 valence electrons. The van der Waals surface area contributed by atoms with Crippen LogP contribution in [0.5, 0.6) is 0 Å². The van der Waals surface area contributed by atoms with Crippen molar-refractivity contribution in [1.82, 2.24) is 15.3 Å². The zero-order valence-electron chi connectivity index (χ0n) is 14.8. The third kappa shape index (κ3) is 4.56. The maximum atomic E-state index is 11.2. The SMILES string of the molecule is CCC(NC(N)=O)c1nc(Sc2cc(C#N)cc(C#N)c2)c(C(C)C)[nH]1. The molecule has 26 heavy (non-hydrogen) atoms. The second kappa shape index (κ2) is 8.41. The number of rotatable bonds is 6. The van der Waals surface area contributed by atoms with E-state index >= 15 is 0 Å². The van der Waals surface area contributed by atoms with Gasteiger partial charge in [0.2, 0.25) is 0 Å². The first-order chi connectivity index (χ1) is 12.4. The van der Waals surface area contributed by atoms with E-state index in [1.165, 1.54) is 11.8 Å². The lowest BCUT2D eigenvalue weighted by Gasteiger charge is -2.12. The monoisotopic (exact) mass is 368 g/mol. The molecule has 0 aliphatic heterocycles. The number of H-pyrrole nitrogens is 1. The van der Waals surface area contributed by atoms with Crippen LogP contribution >= 0.6 is 11.8 Å². The van der Waals surface area contributed by atoms with Crippen LogP contribution in [0.25, 0.3) is 0 Å². The topological polar surface area (TPSA) is 131 Å². The van der Waals surface area contributed by atoms with Crippen molar-refractivity contribution in [3.05, 3.63) is 40.8 Å². The van der Waals surface area contributed by atoms with Crippen LogP contribution in [-0.4, -0.2) is 16.0 Å². The Balaban J connectivity index is 2.42. The normalized spacial score (nSPS) is 11.6. The molecular formula is C18H20N6OS. The van der Waals surface area contributed by atoms with Crippen LogP contribution in [0.1, 0.15) is 61.8 Å². The Morgan fingerprint density at radius 1 is 1.31 bits per heavy atom. The summed E-state index contributed by atoms with van der Waals surface area (Å²) in [7, 11) is 0. The highest BCUT2D eigenvalue weighted by molar-refractivity contribution is 7.99. The summed E-state index contributed by atoms with van der Waals surface area (Å²) in [4.78, 5) is 19.9. The average Bonchev–Trinajstić information content (AvgIpc) is 3.02. The standard InChI is InChI=1S/C18H20N6OS/c1-4-14(22-18(21)25)16-23-15(10(2)3)17(24-16)26-13-6-11(8-19)5-12(7-13)9-20/h5-7,10,14H,4H2,1-3H3,(H,23,24)(H3,21,22,25). The molecule has 1 heterocycles. The Bertz CT molecular complexity index is 858. The number of imidazole rings is 1. The Morgan fingerprint density at radius 2 is 1.92 bits per heavy atom. The van der Waals surface area contributed by atoms with Crippen LogP contribution < -0.4 is 11.1 Å². The number of hydrogen-bond acceptors (Lipinski definition) is 5. The second-order valence-corrected chi connectivity index (χ2v) is 7.10. The van der Waals surface area contributed by atoms with E-state index in [0.29, 0.717) is 23.4 Å². The molecule has 1 aromatic heterocycles. The van der Waals surface area contributed by atoms with Crippen LogP contribution in [0, 0.1) is 22.7 Å². The van der Waals surface area contributed by atoms with E-state index in [-0.39, 0.29) is 12.0 Å². The lowest BCUT2D eigenvalue weighted by Crippen LogP contribution is -2.33. The number of carbonyl (C=O) groups is 1. The highest BCUT2D eigenvalue weighted by atomic mass is 32.2. The van der Waals surface area contributed by atoms with Crippen molar-refractivity contribution in [1.29, 1.82) is 10.5 Å². The Morgan fingerprint density at radius 3 is 2.38 bits per heavy atom. The van der Waals surface area contributed by atoms with Gasteiger partial charge in [-0.25, -0.2) is 9.78 Å². The minimum Gasteiger partial charge on any atom is -0.352 e. The molecule has 0 radical (unpaired) electrons. The number of amides is 2. The number of nitrogens with two attached hydrogens (primary N) is 1. The van der Waals surface area contributed by atoms with Crippen LogP contribution in [0.3, 0.4) is 0 Å². The van der Waals surface area contributed by atoms with Gasteiger partial charge in [-0.1, -0.05) is 32.5 Å². The quantitative estimate of drug-likeness (QED) is 0.717. The average molecular weight is 368 g/mol. The first kappa shape index (κ1) is 19.4. The Hall–Kier alpha value is -2.97. The van der Waals surface area contributed by atoms with Crippen molar-refractivity contribution in [2.75, 3.05) is 0 Å². The van der Waals surface area contributed by atoms with E-state index in [0.717, 1.165) is 15.6 Å². The molecule has 2 aromatic rings. The fraction of sp³-hybridized carbons (Fsp3) is 0.333. The zero-order chi connectivity index (χ0) is 19.3. The molecule has 2 rings (SSSR count). The molecule has 0 fully saturated rings. The molecule has 4 N–H and O–H groups in total. The van der Waals surface area contributed by atoms with Crippen LogP contribution in [0.15, 0.2) is 28.1 Å². The maximum absolute atomic E-state index is 11.2. The van der Waals surface area contributed by atoms with E-state index in [4.69, 9.17) is 16.3 Å². The van der Waals surface area contributed by atoms with Crippen molar-refractivity contribution in [3.63, 3.8) is 0 Å². The van der Waals surface area contributed by atoms with Gasteiger partial charge in [-0.05, 0) is 30.5 Å². The number of nitriles is 2. The third-order valence-electron chi connectivity index (χ3n) is 3.73. The number of nitrogens with one attached hydrogen (secondary N) is 2. The van der Waals surface area contributed by atoms with Crippen molar-refractivity contribution in [3.8, 4) is 12.1 Å². The molecule has 0 bridgehead atoms. The molecule has 7 nitrogen and oxygen atoms in total. The largest absolute Gasteiger partial charge is 0.352 e. The van der Waals surface area contributed by atoms with Gasteiger partial charge >= 0.3 is 6.03 Å². The predicted molar refractivity (Wildman–Crippen MR) is 98.4 cm³/mol. The molecule has 0 saturated heterocycles. The molecule has 0 saturated carbocycles. The van der Waals surface area contributed by atoms with Gasteiger partial charge in [0, 0.05) is 4.90 Å². The lowest BCUT2D eigenvalue weighted by atomic mass is 10.1. The molecule has 1 atom stereocenters. The smallest absolute Gasteiger partial charge is 0.312 e. The van der Waals surface area contributed by atoms with Crippen molar-refractivity contribution >= 4 is 17.8 Å². The molecule has 8 heteroatoms. The number of aromatic amines is 1. The van der Waals surface area contributed by atoms with Gasteiger partial charge in [0.15, 0.2) is 0 Å². The van der Waals surface area contributed by atoms with Crippen LogP contribution in [0.2, 0.25) is 0 Å². The van der Waals surface area contributed by atoms with Gasteiger partial charge < -0.3 is 16.0 Å². The number of benzene rings is 1. The van der Waals surface area contributed by atoms with Crippen molar-refractivity contribution in [2.24, 2.45) is 5.73 Å². The second-order valence-electron chi connectivity index (χ2n) is 6.04. The van der Waals surface area contributed by atoms with Crippen molar-refractivity contribution < 1.29 is 4.79 Å². The summed E-state index contributed by atoms with van der Waals surface area (Å²) in [5.74, 6) is 0.814. The first-order valence-corrected chi connectivity index (χ1v) is 8.98. The fourth-order valence-electron chi connectivity index (χ4n) is 2.46. The van der Waals surface area contributed by atoms with E-state index < -0.39 is 6.03 Å². The molecule has 0 spiro atoms. The number of nitrogens with zero attached hydrogens (tertiary/aromatic N) is 3. The summed E-state index contributed by atoms with van der Waals surface area (Å²) in [5, 5.41) is 21.7. The zero-order valence-corrected chi connectivity index (χ0v) is 15.6. The highest BCUT2D eigenvalue weighted by Gasteiger charge is 2.20.